The minimum atomic E-state index is -2.42. The third-order valence-electron chi connectivity index (χ3n) is 8.63. The number of hydrogen-bond donors (Lipinski definition) is 0. The second-order valence-electron chi connectivity index (χ2n) is 11.6. The van der Waals surface area contributed by atoms with Gasteiger partial charge >= 0.3 is 0 Å². The first-order chi connectivity index (χ1) is 19.7. The molecular formula is C32H44N6O2S. The number of benzene rings is 2. The predicted molar refractivity (Wildman–Crippen MR) is 168 cm³/mol. The van der Waals surface area contributed by atoms with Gasteiger partial charge < -0.3 is 14.5 Å². The van der Waals surface area contributed by atoms with Gasteiger partial charge in [-0.15, -0.1) is 0 Å². The molecule has 0 saturated carbocycles. The lowest BCUT2D eigenvalue weighted by Crippen LogP contribution is -2.52. The van der Waals surface area contributed by atoms with E-state index >= 15 is 0 Å². The van der Waals surface area contributed by atoms with Crippen molar-refractivity contribution in [3.05, 3.63) is 71.6 Å². The summed E-state index contributed by atoms with van der Waals surface area (Å²) in [5, 5.41) is -0.0590. The fourth-order valence-corrected chi connectivity index (χ4v) is 7.27. The molecule has 220 valence electrons. The van der Waals surface area contributed by atoms with Crippen molar-refractivity contribution >= 4 is 21.1 Å². The zero-order chi connectivity index (χ0) is 29.0. The van der Waals surface area contributed by atoms with Gasteiger partial charge in [0.1, 0.15) is 23.7 Å². The van der Waals surface area contributed by atoms with Crippen LogP contribution < -0.4 is 9.64 Å². The van der Waals surface area contributed by atoms with Gasteiger partial charge in [0, 0.05) is 85.6 Å². The zero-order valence-electron chi connectivity index (χ0n) is 25.0. The van der Waals surface area contributed by atoms with Gasteiger partial charge in [-0.05, 0) is 53.0 Å². The Labute approximate surface area is 245 Å². The van der Waals surface area contributed by atoms with E-state index in [2.05, 4.69) is 55.8 Å². The van der Waals surface area contributed by atoms with Crippen molar-refractivity contribution < 1.29 is 8.95 Å². The smallest absolute Gasteiger partial charge is 0.136 e. The number of piperazine rings is 1. The van der Waals surface area contributed by atoms with Gasteiger partial charge in [-0.1, -0.05) is 38.1 Å². The number of rotatable bonds is 9. The minimum Gasteiger partial charge on any atom is -0.496 e. The summed E-state index contributed by atoms with van der Waals surface area (Å²) in [6.07, 6.45) is 4.99. The fourth-order valence-electron chi connectivity index (χ4n) is 5.87. The van der Waals surface area contributed by atoms with E-state index in [9.17, 15) is 4.21 Å². The van der Waals surface area contributed by atoms with E-state index in [1.54, 1.807) is 13.4 Å². The number of aromatic nitrogens is 3. The van der Waals surface area contributed by atoms with Crippen LogP contribution in [-0.4, -0.2) is 99.5 Å². The van der Waals surface area contributed by atoms with Gasteiger partial charge in [0.2, 0.25) is 0 Å². The van der Waals surface area contributed by atoms with Crippen LogP contribution >= 0.6 is 0 Å². The van der Waals surface area contributed by atoms with Crippen molar-refractivity contribution in [2.45, 2.75) is 55.7 Å². The predicted octanol–water partition coefficient (Wildman–Crippen LogP) is 3.76. The largest absolute Gasteiger partial charge is 0.496 e. The average Bonchev–Trinajstić information content (AvgIpc) is 2.98. The molecule has 1 atom stereocenters. The molecule has 2 aliphatic rings. The SMILES string of the molecule is C=S(=O)(c1ccccc1Cc1ncnc(Cc2ccc(N3CCC(N4CCN(C)CC4)CC3)cc2OC)n1)C(C)C. The number of anilines is 1. The van der Waals surface area contributed by atoms with E-state index in [1.807, 2.05) is 38.1 Å². The number of ether oxygens (including phenoxy) is 1. The summed E-state index contributed by atoms with van der Waals surface area (Å²) in [5.74, 6) is 6.25. The highest BCUT2D eigenvalue weighted by Gasteiger charge is 2.27. The van der Waals surface area contributed by atoms with Gasteiger partial charge in [0.05, 0.1) is 7.11 Å². The van der Waals surface area contributed by atoms with E-state index in [4.69, 9.17) is 9.72 Å². The van der Waals surface area contributed by atoms with Gasteiger partial charge in [-0.25, -0.2) is 15.0 Å². The molecule has 0 spiro atoms. The van der Waals surface area contributed by atoms with Crippen molar-refractivity contribution in [2.75, 3.05) is 58.3 Å². The maximum absolute atomic E-state index is 13.3. The van der Waals surface area contributed by atoms with Crippen LogP contribution in [0, 0.1) is 0 Å². The Hall–Kier alpha value is -3.01. The molecule has 3 heterocycles. The Morgan fingerprint density at radius 1 is 0.951 bits per heavy atom. The van der Waals surface area contributed by atoms with Crippen molar-refractivity contribution in [1.82, 2.24) is 24.8 Å². The normalized spacial score (nSPS) is 18.9. The molecule has 2 fully saturated rings. The standard InChI is InChI=1S/C32H44N6O2S/c1-24(2)41(5,39)30-9-7-6-8-26(30)21-32-34-23-33-31(35-32)20-25-10-11-28(22-29(25)40-4)37-14-12-27(13-15-37)38-18-16-36(3)17-19-38/h6-11,22-24,27H,5,12-21H2,1-4H3. The quantitative estimate of drug-likeness (QED) is 0.357. The molecule has 3 aromatic rings. The molecule has 2 aromatic carbocycles. The van der Waals surface area contributed by atoms with Crippen LogP contribution in [0.2, 0.25) is 0 Å². The molecule has 2 aliphatic heterocycles. The van der Waals surface area contributed by atoms with E-state index in [0.29, 0.717) is 30.5 Å². The molecule has 0 bridgehead atoms. The molecule has 0 radical (unpaired) electrons. The van der Waals surface area contributed by atoms with E-state index in [1.165, 1.54) is 44.7 Å². The molecule has 1 unspecified atom stereocenters. The first kappa shape index (κ1) is 29.5. The first-order valence-electron chi connectivity index (χ1n) is 14.7. The van der Waals surface area contributed by atoms with Crippen molar-refractivity contribution in [3.63, 3.8) is 0 Å². The van der Waals surface area contributed by atoms with Crippen LogP contribution in [0.1, 0.15) is 49.5 Å². The summed E-state index contributed by atoms with van der Waals surface area (Å²) in [6.45, 7) is 10.7. The number of methoxy groups -OCH3 is 1. The summed E-state index contributed by atoms with van der Waals surface area (Å²) in [5.41, 5.74) is 3.19. The number of piperidine rings is 1. The lowest BCUT2D eigenvalue weighted by molar-refractivity contribution is 0.0982. The average molecular weight is 577 g/mol. The maximum atomic E-state index is 13.3. The lowest BCUT2D eigenvalue weighted by Gasteiger charge is -2.42. The Bertz CT molecular complexity index is 1430. The van der Waals surface area contributed by atoms with Crippen LogP contribution in [0.5, 0.6) is 5.75 Å². The third-order valence-corrected chi connectivity index (χ3v) is 11.3. The van der Waals surface area contributed by atoms with Crippen LogP contribution in [0.15, 0.2) is 53.7 Å². The van der Waals surface area contributed by atoms with Crippen molar-refractivity contribution in [3.8, 4) is 5.75 Å². The van der Waals surface area contributed by atoms with E-state index in [0.717, 1.165) is 34.9 Å². The summed E-state index contributed by atoms with van der Waals surface area (Å²) >= 11 is 0. The molecular weight excluding hydrogens is 532 g/mol. The van der Waals surface area contributed by atoms with Gasteiger partial charge in [0.15, 0.2) is 0 Å². The molecule has 2 saturated heterocycles. The molecule has 41 heavy (non-hydrogen) atoms. The Morgan fingerprint density at radius 3 is 2.27 bits per heavy atom. The number of nitrogens with zero attached hydrogens (tertiary/aromatic N) is 6. The van der Waals surface area contributed by atoms with Crippen molar-refractivity contribution in [2.24, 2.45) is 0 Å². The number of likely N-dealkylation sites (N-methyl/N-ethyl adjacent to an activating group) is 1. The van der Waals surface area contributed by atoms with Gasteiger partial charge in [0.25, 0.3) is 0 Å². The Kier molecular flexibility index (Phi) is 9.26. The molecule has 8 nitrogen and oxygen atoms in total. The van der Waals surface area contributed by atoms with Gasteiger partial charge in [-0.3, -0.25) is 9.11 Å². The minimum absolute atomic E-state index is 0.0590. The second kappa shape index (κ2) is 12.9. The van der Waals surface area contributed by atoms with Crippen LogP contribution in [-0.2, 0) is 22.4 Å². The van der Waals surface area contributed by atoms with Crippen LogP contribution in [0.3, 0.4) is 0 Å². The second-order valence-corrected chi connectivity index (χ2v) is 14.4. The molecule has 1 aromatic heterocycles. The molecule has 0 amide bonds. The van der Waals surface area contributed by atoms with Crippen LogP contribution in [0.4, 0.5) is 5.69 Å². The summed E-state index contributed by atoms with van der Waals surface area (Å²) in [4.78, 5) is 22.0. The summed E-state index contributed by atoms with van der Waals surface area (Å²) < 4.78 is 19.2. The molecule has 0 N–H and O–H groups in total. The highest BCUT2D eigenvalue weighted by Crippen LogP contribution is 2.30. The summed E-state index contributed by atoms with van der Waals surface area (Å²) in [6, 6.07) is 14.9. The first-order valence-corrected chi connectivity index (χ1v) is 16.5. The Morgan fingerprint density at radius 2 is 1.61 bits per heavy atom. The highest BCUT2D eigenvalue weighted by atomic mass is 32.2. The third kappa shape index (κ3) is 6.90. The highest BCUT2D eigenvalue weighted by molar-refractivity contribution is 8.00. The van der Waals surface area contributed by atoms with E-state index < -0.39 is 9.52 Å². The monoisotopic (exact) mass is 576 g/mol. The van der Waals surface area contributed by atoms with Crippen molar-refractivity contribution in [1.29, 1.82) is 0 Å². The molecule has 9 heteroatoms. The molecule has 5 rings (SSSR count). The van der Waals surface area contributed by atoms with E-state index in [-0.39, 0.29) is 5.25 Å². The summed E-state index contributed by atoms with van der Waals surface area (Å²) in [7, 11) is 1.53. The topological polar surface area (TPSA) is 74.7 Å². The van der Waals surface area contributed by atoms with Gasteiger partial charge in [-0.2, -0.15) is 0 Å². The Balaban J connectivity index is 1.26. The fraction of sp³-hybridized carbons (Fsp3) is 0.500. The zero-order valence-corrected chi connectivity index (χ0v) is 25.8. The lowest BCUT2D eigenvalue weighted by atomic mass is 10.0. The molecule has 0 aliphatic carbocycles. The van der Waals surface area contributed by atoms with Crippen LogP contribution in [0.25, 0.3) is 0 Å². The number of hydrogen-bond acceptors (Lipinski definition) is 8. The maximum Gasteiger partial charge on any atom is 0.136 e.